The van der Waals surface area contributed by atoms with Crippen LogP contribution in [0, 0.1) is 17.3 Å². The highest BCUT2D eigenvalue weighted by atomic mass is 32.2. The summed E-state index contributed by atoms with van der Waals surface area (Å²) in [5.74, 6) is -0.664. The monoisotopic (exact) mass is 218 g/mol. The van der Waals surface area contributed by atoms with Gasteiger partial charge in [0.1, 0.15) is 5.25 Å². The minimum Gasteiger partial charge on any atom is -0.298 e. The SMILES string of the molecule is CC1(C)C2CCC1C(S(=O)(=O)O)C2=O. The number of rotatable bonds is 1. The minimum atomic E-state index is -4.20. The smallest absolute Gasteiger partial charge is 0.275 e. The molecule has 5 heteroatoms. The van der Waals surface area contributed by atoms with Crippen molar-refractivity contribution >= 4 is 15.9 Å². The molecule has 0 heterocycles. The van der Waals surface area contributed by atoms with E-state index in [-0.39, 0.29) is 23.0 Å². The Morgan fingerprint density at radius 3 is 2.21 bits per heavy atom. The molecule has 14 heavy (non-hydrogen) atoms. The summed E-state index contributed by atoms with van der Waals surface area (Å²) in [7, 11) is -4.20. The van der Waals surface area contributed by atoms with Crippen LogP contribution in [0.15, 0.2) is 0 Å². The lowest BCUT2D eigenvalue weighted by molar-refractivity contribution is -0.122. The molecule has 2 aliphatic carbocycles. The molecule has 0 aliphatic heterocycles. The average Bonchev–Trinajstić information content (AvgIpc) is 2.35. The van der Waals surface area contributed by atoms with Crippen molar-refractivity contribution in [1.29, 1.82) is 0 Å². The van der Waals surface area contributed by atoms with Gasteiger partial charge in [0.15, 0.2) is 5.78 Å². The van der Waals surface area contributed by atoms with Gasteiger partial charge < -0.3 is 0 Å². The number of Topliss-reactive ketones (excluding diaryl/α,β-unsaturated/α-hetero) is 1. The van der Waals surface area contributed by atoms with Crippen molar-refractivity contribution in [2.24, 2.45) is 17.3 Å². The molecule has 80 valence electrons. The van der Waals surface area contributed by atoms with Gasteiger partial charge in [-0.2, -0.15) is 8.42 Å². The van der Waals surface area contributed by atoms with Crippen LogP contribution in [0.2, 0.25) is 0 Å². The van der Waals surface area contributed by atoms with E-state index in [4.69, 9.17) is 4.55 Å². The molecule has 2 saturated carbocycles. The lowest BCUT2D eigenvalue weighted by atomic mass is 9.82. The van der Waals surface area contributed by atoms with Gasteiger partial charge in [-0.05, 0) is 24.2 Å². The molecule has 0 aromatic heterocycles. The molecule has 4 nitrogen and oxygen atoms in total. The van der Waals surface area contributed by atoms with E-state index in [9.17, 15) is 13.2 Å². The maximum atomic E-state index is 11.7. The third-order valence-electron chi connectivity index (χ3n) is 3.93. The van der Waals surface area contributed by atoms with Crippen LogP contribution in [-0.4, -0.2) is 24.0 Å². The van der Waals surface area contributed by atoms with Crippen LogP contribution in [0.1, 0.15) is 26.7 Å². The van der Waals surface area contributed by atoms with Gasteiger partial charge in [0.05, 0.1) is 0 Å². The van der Waals surface area contributed by atoms with Crippen molar-refractivity contribution in [2.45, 2.75) is 31.9 Å². The standard InChI is InChI=1S/C9H14O4S/c1-9(2)5-3-4-6(9)8(7(5)10)14(11,12)13/h5-6,8H,3-4H2,1-2H3,(H,11,12,13). The van der Waals surface area contributed by atoms with E-state index in [0.29, 0.717) is 0 Å². The summed E-state index contributed by atoms with van der Waals surface area (Å²) in [5.41, 5.74) is -0.266. The number of fused-ring (bicyclic) bond motifs is 2. The Morgan fingerprint density at radius 2 is 1.93 bits per heavy atom. The highest BCUT2D eigenvalue weighted by Gasteiger charge is 2.62. The van der Waals surface area contributed by atoms with Crippen LogP contribution < -0.4 is 0 Å². The van der Waals surface area contributed by atoms with Gasteiger partial charge in [-0.25, -0.2) is 0 Å². The van der Waals surface area contributed by atoms with E-state index < -0.39 is 15.4 Å². The normalized spacial score (nSPS) is 40.5. The van der Waals surface area contributed by atoms with Crippen molar-refractivity contribution < 1.29 is 17.8 Å². The van der Waals surface area contributed by atoms with Crippen LogP contribution in [-0.2, 0) is 14.9 Å². The first-order chi connectivity index (χ1) is 6.26. The molecule has 2 aliphatic rings. The molecule has 0 amide bonds. The second kappa shape index (κ2) is 2.58. The lowest BCUT2D eigenvalue weighted by Gasteiger charge is -2.23. The molecule has 2 rings (SSSR count). The number of carbonyl (C=O) groups excluding carboxylic acids is 1. The summed E-state index contributed by atoms with van der Waals surface area (Å²) in [5, 5.41) is -1.16. The number of carbonyl (C=O) groups is 1. The molecule has 0 spiro atoms. The highest BCUT2D eigenvalue weighted by Crippen LogP contribution is 2.57. The maximum absolute atomic E-state index is 11.7. The van der Waals surface area contributed by atoms with Crippen LogP contribution in [0.3, 0.4) is 0 Å². The zero-order valence-corrected chi connectivity index (χ0v) is 9.04. The molecular formula is C9H14O4S. The fourth-order valence-corrected chi connectivity index (χ4v) is 4.51. The molecule has 3 atom stereocenters. The van der Waals surface area contributed by atoms with Gasteiger partial charge in [-0.15, -0.1) is 0 Å². The van der Waals surface area contributed by atoms with Crippen molar-refractivity contribution in [1.82, 2.24) is 0 Å². The molecule has 2 bridgehead atoms. The Kier molecular flexibility index (Phi) is 1.86. The number of hydrogen-bond donors (Lipinski definition) is 1. The molecule has 0 aromatic carbocycles. The number of hydrogen-bond acceptors (Lipinski definition) is 3. The van der Waals surface area contributed by atoms with Gasteiger partial charge in [0.2, 0.25) is 0 Å². The third kappa shape index (κ3) is 1.08. The quantitative estimate of drug-likeness (QED) is 0.663. The van der Waals surface area contributed by atoms with Gasteiger partial charge in [0, 0.05) is 5.92 Å². The third-order valence-corrected chi connectivity index (χ3v) is 5.13. The lowest BCUT2D eigenvalue weighted by Crippen LogP contribution is -2.35. The summed E-state index contributed by atoms with van der Waals surface area (Å²) >= 11 is 0. The average molecular weight is 218 g/mol. The van der Waals surface area contributed by atoms with E-state index in [1.807, 2.05) is 13.8 Å². The van der Waals surface area contributed by atoms with E-state index in [0.717, 1.165) is 12.8 Å². The van der Waals surface area contributed by atoms with Crippen LogP contribution in [0.25, 0.3) is 0 Å². The van der Waals surface area contributed by atoms with Crippen molar-refractivity contribution in [2.75, 3.05) is 0 Å². The Bertz CT molecular complexity index is 382. The summed E-state index contributed by atoms with van der Waals surface area (Å²) < 4.78 is 31.1. The molecule has 3 unspecified atom stereocenters. The molecule has 0 saturated heterocycles. The number of ketones is 1. The largest absolute Gasteiger partial charge is 0.298 e. The Balaban J connectivity index is 2.47. The molecular weight excluding hydrogens is 204 g/mol. The Labute approximate surface area is 83.4 Å². The van der Waals surface area contributed by atoms with E-state index >= 15 is 0 Å². The predicted molar refractivity (Wildman–Crippen MR) is 50.3 cm³/mol. The van der Waals surface area contributed by atoms with Gasteiger partial charge >= 0.3 is 0 Å². The molecule has 0 radical (unpaired) electrons. The minimum absolute atomic E-state index is 0.181. The Morgan fingerprint density at radius 1 is 1.36 bits per heavy atom. The summed E-state index contributed by atoms with van der Waals surface area (Å²) in [6.45, 7) is 3.83. The fourth-order valence-electron chi connectivity index (χ4n) is 3.15. The van der Waals surface area contributed by atoms with Crippen LogP contribution in [0.4, 0.5) is 0 Å². The second-order valence-corrected chi connectivity index (χ2v) is 6.43. The first kappa shape index (κ1) is 10.1. The molecule has 2 fully saturated rings. The van der Waals surface area contributed by atoms with Gasteiger partial charge in [-0.3, -0.25) is 9.35 Å². The maximum Gasteiger partial charge on any atom is 0.275 e. The highest BCUT2D eigenvalue weighted by molar-refractivity contribution is 7.87. The van der Waals surface area contributed by atoms with Gasteiger partial charge in [-0.1, -0.05) is 13.8 Å². The first-order valence-corrected chi connectivity index (χ1v) is 6.26. The van der Waals surface area contributed by atoms with E-state index in [2.05, 4.69) is 0 Å². The van der Waals surface area contributed by atoms with Crippen molar-refractivity contribution in [3.63, 3.8) is 0 Å². The summed E-state index contributed by atoms with van der Waals surface area (Å²) in [6, 6.07) is 0. The zero-order valence-electron chi connectivity index (χ0n) is 8.23. The fraction of sp³-hybridized carbons (Fsp3) is 0.889. The first-order valence-electron chi connectivity index (χ1n) is 4.76. The van der Waals surface area contributed by atoms with E-state index in [1.165, 1.54) is 0 Å². The van der Waals surface area contributed by atoms with E-state index in [1.54, 1.807) is 0 Å². The van der Waals surface area contributed by atoms with Crippen LogP contribution in [0.5, 0.6) is 0 Å². The summed E-state index contributed by atoms with van der Waals surface area (Å²) in [6.07, 6.45) is 1.50. The molecule has 0 aromatic rings. The second-order valence-electron chi connectivity index (χ2n) is 4.90. The predicted octanol–water partition coefficient (Wildman–Crippen LogP) is 0.878. The summed E-state index contributed by atoms with van der Waals surface area (Å²) in [4.78, 5) is 11.7. The zero-order chi connectivity index (χ0) is 10.7. The van der Waals surface area contributed by atoms with Crippen molar-refractivity contribution in [3.05, 3.63) is 0 Å². The topological polar surface area (TPSA) is 71.4 Å². The van der Waals surface area contributed by atoms with Crippen LogP contribution >= 0.6 is 0 Å². The Hall–Kier alpha value is -0.420. The van der Waals surface area contributed by atoms with Crippen molar-refractivity contribution in [3.8, 4) is 0 Å². The molecule has 1 N–H and O–H groups in total. The van der Waals surface area contributed by atoms with Gasteiger partial charge in [0.25, 0.3) is 10.1 Å².